The van der Waals surface area contributed by atoms with Gasteiger partial charge in [0.1, 0.15) is 11.5 Å². The molecule has 0 heterocycles. The third-order valence-corrected chi connectivity index (χ3v) is 4.58. The smallest absolute Gasteiger partial charge is 0.331 e. The highest BCUT2D eigenvalue weighted by Gasteiger charge is 2.17. The van der Waals surface area contributed by atoms with Crippen LogP contribution in [-0.2, 0) is 14.3 Å². The fourth-order valence-electron chi connectivity index (χ4n) is 2.86. The summed E-state index contributed by atoms with van der Waals surface area (Å²) in [6.07, 6.45) is 1.84. The zero-order valence-electron chi connectivity index (χ0n) is 18.6. The predicted octanol–water partition coefficient (Wildman–Crippen LogP) is 5.08. The number of amides is 1. The maximum absolute atomic E-state index is 12.4. The number of methoxy groups -OCH3 is 2. The minimum Gasteiger partial charge on any atom is -0.493 e. The van der Waals surface area contributed by atoms with Crippen molar-refractivity contribution in [2.24, 2.45) is 0 Å². The van der Waals surface area contributed by atoms with E-state index < -0.39 is 18.0 Å². The summed E-state index contributed by atoms with van der Waals surface area (Å²) in [7, 11) is 3.08. The van der Waals surface area contributed by atoms with E-state index >= 15 is 0 Å². The Kier molecular flexibility index (Phi) is 8.07. The molecule has 3 rings (SSSR count). The molecule has 0 aliphatic rings. The van der Waals surface area contributed by atoms with Crippen molar-refractivity contribution in [3.63, 3.8) is 0 Å². The van der Waals surface area contributed by atoms with Crippen LogP contribution in [0.3, 0.4) is 0 Å². The van der Waals surface area contributed by atoms with Gasteiger partial charge in [-0.3, -0.25) is 4.79 Å². The highest BCUT2D eigenvalue weighted by Crippen LogP contribution is 2.28. The van der Waals surface area contributed by atoms with E-state index in [0.29, 0.717) is 22.9 Å². The molecule has 7 nitrogen and oxygen atoms in total. The molecular formula is C26H25NO6. The van der Waals surface area contributed by atoms with E-state index in [2.05, 4.69) is 5.32 Å². The zero-order valence-corrected chi connectivity index (χ0v) is 18.6. The van der Waals surface area contributed by atoms with Gasteiger partial charge in [0, 0.05) is 11.8 Å². The summed E-state index contributed by atoms with van der Waals surface area (Å²) >= 11 is 0. The molecule has 0 saturated heterocycles. The molecule has 0 spiro atoms. The number of anilines is 1. The lowest BCUT2D eigenvalue weighted by atomic mass is 10.2. The Morgan fingerprint density at radius 3 is 2.18 bits per heavy atom. The molecule has 0 aliphatic heterocycles. The highest BCUT2D eigenvalue weighted by atomic mass is 16.5. The van der Waals surface area contributed by atoms with E-state index in [9.17, 15) is 9.59 Å². The number of rotatable bonds is 9. The van der Waals surface area contributed by atoms with Crippen LogP contribution in [-0.4, -0.2) is 32.2 Å². The largest absolute Gasteiger partial charge is 0.493 e. The van der Waals surface area contributed by atoms with Gasteiger partial charge in [0.05, 0.1) is 14.2 Å². The van der Waals surface area contributed by atoms with E-state index in [1.54, 1.807) is 55.7 Å². The van der Waals surface area contributed by atoms with E-state index in [4.69, 9.17) is 18.9 Å². The van der Waals surface area contributed by atoms with Crippen LogP contribution in [0.5, 0.6) is 23.0 Å². The SMILES string of the molecule is COc1ccc(C=CC(=O)OC(C)C(=O)Nc2ccc(Oc3ccccc3)cc2)cc1OC. The summed E-state index contributed by atoms with van der Waals surface area (Å²) in [5, 5.41) is 2.71. The molecule has 33 heavy (non-hydrogen) atoms. The molecule has 0 fully saturated rings. The Morgan fingerprint density at radius 1 is 0.848 bits per heavy atom. The second-order valence-corrected chi connectivity index (χ2v) is 6.96. The standard InChI is InChI=1S/C26H25NO6/c1-18(32-25(28)16-10-19-9-15-23(30-2)24(17-19)31-3)26(29)27-20-11-13-22(14-12-20)33-21-7-5-4-6-8-21/h4-18H,1-3H3,(H,27,29). The van der Waals surface area contributed by atoms with Gasteiger partial charge in [0.15, 0.2) is 17.6 Å². The monoisotopic (exact) mass is 447 g/mol. The molecule has 1 unspecified atom stereocenters. The van der Waals surface area contributed by atoms with Gasteiger partial charge in [-0.2, -0.15) is 0 Å². The minimum atomic E-state index is -0.979. The number of esters is 1. The maximum atomic E-state index is 12.4. The molecule has 1 atom stereocenters. The third kappa shape index (κ3) is 6.87. The van der Waals surface area contributed by atoms with Gasteiger partial charge in [0.2, 0.25) is 0 Å². The number of ether oxygens (including phenoxy) is 4. The molecule has 0 aromatic heterocycles. The first-order valence-corrected chi connectivity index (χ1v) is 10.2. The lowest BCUT2D eigenvalue weighted by molar-refractivity contribution is -0.148. The second-order valence-electron chi connectivity index (χ2n) is 6.96. The number of carbonyl (C=O) groups is 2. The molecule has 0 saturated carbocycles. The van der Waals surface area contributed by atoms with Crippen LogP contribution < -0.4 is 19.5 Å². The molecule has 1 N–H and O–H groups in total. The Balaban J connectivity index is 1.51. The first-order valence-electron chi connectivity index (χ1n) is 10.2. The van der Waals surface area contributed by atoms with Crippen LogP contribution in [0.15, 0.2) is 78.9 Å². The summed E-state index contributed by atoms with van der Waals surface area (Å²) in [6, 6.07) is 21.5. The first kappa shape index (κ1) is 23.4. The van der Waals surface area contributed by atoms with Gasteiger partial charge in [-0.25, -0.2) is 4.79 Å². The lowest BCUT2D eigenvalue weighted by Gasteiger charge is -2.13. The van der Waals surface area contributed by atoms with Crippen molar-refractivity contribution in [3.05, 3.63) is 84.4 Å². The summed E-state index contributed by atoms with van der Waals surface area (Å²) in [5.41, 5.74) is 1.28. The topological polar surface area (TPSA) is 83.1 Å². The van der Waals surface area contributed by atoms with Gasteiger partial charge in [-0.1, -0.05) is 24.3 Å². The molecule has 1 amide bonds. The van der Waals surface area contributed by atoms with Crippen LogP contribution >= 0.6 is 0 Å². The van der Waals surface area contributed by atoms with Crippen LogP contribution in [0.1, 0.15) is 12.5 Å². The third-order valence-electron chi connectivity index (χ3n) is 4.58. The minimum absolute atomic E-state index is 0.445. The molecule has 0 radical (unpaired) electrons. The summed E-state index contributed by atoms with van der Waals surface area (Å²) in [4.78, 5) is 24.5. The average Bonchev–Trinajstić information content (AvgIpc) is 2.84. The molecule has 0 aliphatic carbocycles. The summed E-state index contributed by atoms with van der Waals surface area (Å²) in [6.45, 7) is 1.50. The molecule has 3 aromatic carbocycles. The van der Waals surface area contributed by atoms with Crippen molar-refractivity contribution in [2.75, 3.05) is 19.5 Å². The molecule has 170 valence electrons. The van der Waals surface area contributed by atoms with Crippen molar-refractivity contribution < 1.29 is 28.5 Å². The predicted molar refractivity (Wildman–Crippen MR) is 126 cm³/mol. The van der Waals surface area contributed by atoms with Gasteiger partial charge in [0.25, 0.3) is 5.91 Å². The van der Waals surface area contributed by atoms with Gasteiger partial charge in [-0.05, 0) is 67.1 Å². The van der Waals surface area contributed by atoms with Crippen LogP contribution in [0.4, 0.5) is 5.69 Å². The number of carbonyl (C=O) groups excluding carboxylic acids is 2. The Morgan fingerprint density at radius 2 is 1.52 bits per heavy atom. The summed E-state index contributed by atoms with van der Waals surface area (Å²) in [5.74, 6) is 1.40. The molecular weight excluding hydrogens is 422 g/mol. The average molecular weight is 447 g/mol. The fraction of sp³-hybridized carbons (Fsp3) is 0.154. The quantitative estimate of drug-likeness (QED) is 0.364. The maximum Gasteiger partial charge on any atom is 0.331 e. The first-order chi connectivity index (χ1) is 16.0. The number of nitrogens with one attached hydrogen (secondary N) is 1. The molecule has 0 bridgehead atoms. The van der Waals surface area contributed by atoms with Crippen molar-refractivity contribution >= 4 is 23.6 Å². The Bertz CT molecular complexity index is 1110. The van der Waals surface area contributed by atoms with Gasteiger partial charge < -0.3 is 24.3 Å². The number of hydrogen-bond acceptors (Lipinski definition) is 6. The molecule has 7 heteroatoms. The van der Waals surface area contributed by atoms with E-state index in [1.165, 1.54) is 20.1 Å². The van der Waals surface area contributed by atoms with Crippen molar-refractivity contribution in [3.8, 4) is 23.0 Å². The number of para-hydroxylation sites is 1. The highest BCUT2D eigenvalue weighted by molar-refractivity contribution is 5.96. The van der Waals surface area contributed by atoms with Crippen molar-refractivity contribution in [2.45, 2.75) is 13.0 Å². The Hall–Kier alpha value is -4.26. The van der Waals surface area contributed by atoms with E-state index in [0.717, 1.165) is 11.3 Å². The molecule has 3 aromatic rings. The van der Waals surface area contributed by atoms with E-state index in [1.807, 2.05) is 30.3 Å². The van der Waals surface area contributed by atoms with Gasteiger partial charge in [-0.15, -0.1) is 0 Å². The second kappa shape index (κ2) is 11.4. The fourth-order valence-corrected chi connectivity index (χ4v) is 2.86. The van der Waals surface area contributed by atoms with Crippen LogP contribution in [0.2, 0.25) is 0 Å². The number of benzene rings is 3. The lowest BCUT2D eigenvalue weighted by Crippen LogP contribution is -2.29. The van der Waals surface area contributed by atoms with Crippen molar-refractivity contribution in [1.29, 1.82) is 0 Å². The normalized spacial score (nSPS) is 11.5. The van der Waals surface area contributed by atoms with Crippen molar-refractivity contribution in [1.82, 2.24) is 0 Å². The zero-order chi connectivity index (χ0) is 23.6. The van der Waals surface area contributed by atoms with E-state index in [-0.39, 0.29) is 0 Å². The Labute approximate surface area is 192 Å². The summed E-state index contributed by atoms with van der Waals surface area (Å²) < 4.78 is 21.3. The van der Waals surface area contributed by atoms with Gasteiger partial charge >= 0.3 is 5.97 Å². The van der Waals surface area contributed by atoms with Crippen LogP contribution in [0.25, 0.3) is 6.08 Å². The number of hydrogen-bond donors (Lipinski definition) is 1. The van der Waals surface area contributed by atoms with Crippen LogP contribution in [0, 0.1) is 0 Å².